The summed E-state index contributed by atoms with van der Waals surface area (Å²) >= 11 is 0. The molecule has 1 aromatic carbocycles. The minimum atomic E-state index is 0.537. The van der Waals surface area contributed by atoms with Crippen molar-refractivity contribution in [2.24, 2.45) is 5.73 Å². The second-order valence-corrected chi connectivity index (χ2v) is 3.05. The van der Waals surface area contributed by atoms with Gasteiger partial charge in [0.2, 0.25) is 0 Å². The van der Waals surface area contributed by atoms with Crippen molar-refractivity contribution in [2.45, 2.75) is 34.2 Å². The van der Waals surface area contributed by atoms with Crippen LogP contribution in [0, 0.1) is 0 Å². The third-order valence-electron chi connectivity index (χ3n) is 1.99. The summed E-state index contributed by atoms with van der Waals surface area (Å²) in [6.07, 6.45) is 0. The second kappa shape index (κ2) is 8.65. The maximum Gasteiger partial charge on any atom is 0.143 e. The van der Waals surface area contributed by atoms with Crippen molar-refractivity contribution in [1.29, 1.82) is 0 Å². The molecular formula is C14H24N2O. The number of nitrogens with two attached hydrogens (primary N) is 1. The van der Waals surface area contributed by atoms with Gasteiger partial charge in [0, 0.05) is 12.2 Å². The highest BCUT2D eigenvalue weighted by Crippen LogP contribution is 2.30. The molecule has 1 aliphatic rings. The van der Waals surface area contributed by atoms with E-state index in [1.807, 2.05) is 45.9 Å². The normalized spacial score (nSPS) is 11.7. The molecule has 0 amide bonds. The Balaban J connectivity index is 0.000000581. The monoisotopic (exact) mass is 236 g/mol. The first-order valence-corrected chi connectivity index (χ1v) is 6.20. The van der Waals surface area contributed by atoms with E-state index in [1.165, 1.54) is 0 Å². The maximum absolute atomic E-state index is 5.53. The minimum absolute atomic E-state index is 0.537. The molecule has 0 saturated heterocycles. The van der Waals surface area contributed by atoms with Crippen LogP contribution in [0.3, 0.4) is 0 Å². The predicted molar refractivity (Wildman–Crippen MR) is 75.3 cm³/mol. The zero-order chi connectivity index (χ0) is 13.3. The Hall–Kier alpha value is -1.48. The summed E-state index contributed by atoms with van der Waals surface area (Å²) in [4.78, 5) is 0. The van der Waals surface area contributed by atoms with E-state index in [0.717, 1.165) is 22.7 Å². The fourth-order valence-corrected chi connectivity index (χ4v) is 1.32. The van der Waals surface area contributed by atoms with Crippen LogP contribution in [-0.4, -0.2) is 6.61 Å². The lowest BCUT2D eigenvalue weighted by atomic mass is 10.1. The molecule has 3 nitrogen and oxygen atoms in total. The molecule has 96 valence electrons. The van der Waals surface area contributed by atoms with Crippen molar-refractivity contribution in [2.75, 3.05) is 11.9 Å². The molecule has 0 aromatic heterocycles. The van der Waals surface area contributed by atoms with Crippen LogP contribution in [0.4, 0.5) is 5.69 Å². The van der Waals surface area contributed by atoms with E-state index in [2.05, 4.69) is 11.9 Å². The van der Waals surface area contributed by atoms with E-state index < -0.39 is 0 Å². The summed E-state index contributed by atoms with van der Waals surface area (Å²) in [6.45, 7) is 12.9. The topological polar surface area (TPSA) is 47.3 Å². The van der Waals surface area contributed by atoms with Crippen LogP contribution in [-0.2, 0) is 6.54 Å². The average molecular weight is 236 g/mol. The molecular weight excluding hydrogens is 212 g/mol. The average Bonchev–Trinajstić information content (AvgIpc) is 2.42. The van der Waals surface area contributed by atoms with Gasteiger partial charge < -0.3 is 15.8 Å². The summed E-state index contributed by atoms with van der Waals surface area (Å²) in [5.74, 6) is 0.865. The Bertz CT molecular complexity index is 348. The van der Waals surface area contributed by atoms with Crippen molar-refractivity contribution >= 4 is 5.69 Å². The lowest BCUT2D eigenvalue weighted by Crippen LogP contribution is -2.15. The van der Waals surface area contributed by atoms with Gasteiger partial charge in [0.25, 0.3) is 0 Å². The Morgan fingerprint density at radius 3 is 2.53 bits per heavy atom. The molecule has 1 heterocycles. The van der Waals surface area contributed by atoms with Gasteiger partial charge in [-0.3, -0.25) is 0 Å². The molecule has 2 rings (SSSR count). The van der Waals surface area contributed by atoms with Gasteiger partial charge in [-0.25, -0.2) is 0 Å². The van der Waals surface area contributed by atoms with Gasteiger partial charge in [-0.15, -0.1) is 0 Å². The molecule has 0 radical (unpaired) electrons. The molecule has 0 spiro atoms. The Labute approximate surface area is 105 Å². The fourth-order valence-electron chi connectivity index (χ4n) is 1.32. The summed E-state index contributed by atoms with van der Waals surface area (Å²) in [7, 11) is 0. The minimum Gasteiger partial charge on any atom is -0.485 e. The van der Waals surface area contributed by atoms with E-state index in [-0.39, 0.29) is 0 Å². The van der Waals surface area contributed by atoms with Crippen molar-refractivity contribution in [1.82, 2.24) is 0 Å². The molecule has 0 aliphatic carbocycles. The largest absolute Gasteiger partial charge is 0.485 e. The molecule has 0 atom stereocenters. The van der Waals surface area contributed by atoms with Crippen LogP contribution in [0.5, 0.6) is 5.75 Å². The molecule has 1 aliphatic heterocycles. The lowest BCUT2D eigenvalue weighted by molar-refractivity contribution is 0.346. The van der Waals surface area contributed by atoms with Gasteiger partial charge in [-0.05, 0) is 17.7 Å². The highest BCUT2D eigenvalue weighted by atomic mass is 16.5. The number of nitrogens with one attached hydrogen (secondary N) is 1. The standard InChI is InChI=1S/C10H12N2O.2C2H6/c1-7-6-13-10-3-2-8(5-11)4-9(10)12-7;2*1-2/h2-4,12H,1,5-6,11H2;2*1-2H3. The number of hydrogen-bond donors (Lipinski definition) is 2. The number of hydrogen-bond acceptors (Lipinski definition) is 3. The molecule has 1 aromatic rings. The van der Waals surface area contributed by atoms with Gasteiger partial charge in [0.15, 0.2) is 0 Å². The summed E-state index contributed by atoms with van der Waals surface area (Å²) < 4.78 is 5.43. The smallest absolute Gasteiger partial charge is 0.143 e. The molecule has 3 heteroatoms. The molecule has 0 saturated carbocycles. The molecule has 0 unspecified atom stereocenters. The van der Waals surface area contributed by atoms with Crippen LogP contribution >= 0.6 is 0 Å². The van der Waals surface area contributed by atoms with E-state index in [0.29, 0.717) is 13.2 Å². The summed E-state index contributed by atoms with van der Waals surface area (Å²) in [6, 6.07) is 5.88. The number of ether oxygens (including phenoxy) is 1. The van der Waals surface area contributed by atoms with Crippen LogP contribution in [0.1, 0.15) is 33.3 Å². The molecule has 17 heavy (non-hydrogen) atoms. The first-order chi connectivity index (χ1) is 8.29. The SMILES string of the molecule is C=C1COc2ccc(CN)cc2N1.CC.CC. The quantitative estimate of drug-likeness (QED) is 0.784. The first-order valence-electron chi connectivity index (χ1n) is 6.20. The van der Waals surface area contributed by atoms with Crippen LogP contribution in [0.2, 0.25) is 0 Å². The number of benzene rings is 1. The van der Waals surface area contributed by atoms with Gasteiger partial charge in [-0.1, -0.05) is 40.3 Å². The third-order valence-corrected chi connectivity index (χ3v) is 1.99. The van der Waals surface area contributed by atoms with Gasteiger partial charge in [0.1, 0.15) is 12.4 Å². The number of fused-ring (bicyclic) bond motifs is 1. The number of anilines is 1. The molecule has 3 N–H and O–H groups in total. The third kappa shape index (κ3) is 4.49. The van der Waals surface area contributed by atoms with Crippen LogP contribution < -0.4 is 15.8 Å². The molecule has 0 bridgehead atoms. The lowest BCUT2D eigenvalue weighted by Gasteiger charge is -2.21. The van der Waals surface area contributed by atoms with Gasteiger partial charge in [0.05, 0.1) is 5.69 Å². The highest BCUT2D eigenvalue weighted by molar-refractivity contribution is 5.62. The second-order valence-electron chi connectivity index (χ2n) is 3.05. The van der Waals surface area contributed by atoms with Crippen molar-refractivity contribution < 1.29 is 4.74 Å². The fraction of sp³-hybridized carbons (Fsp3) is 0.429. The predicted octanol–water partition coefficient (Wildman–Crippen LogP) is 3.52. The van der Waals surface area contributed by atoms with Crippen LogP contribution in [0.15, 0.2) is 30.5 Å². The Morgan fingerprint density at radius 1 is 1.29 bits per heavy atom. The first kappa shape index (κ1) is 15.5. The van der Waals surface area contributed by atoms with Gasteiger partial charge >= 0.3 is 0 Å². The highest BCUT2D eigenvalue weighted by Gasteiger charge is 2.11. The number of rotatable bonds is 1. The summed E-state index contributed by atoms with van der Waals surface area (Å²) in [5, 5.41) is 3.16. The Morgan fingerprint density at radius 2 is 1.94 bits per heavy atom. The zero-order valence-electron chi connectivity index (χ0n) is 11.3. The van der Waals surface area contributed by atoms with E-state index in [1.54, 1.807) is 0 Å². The van der Waals surface area contributed by atoms with Crippen molar-refractivity contribution in [3.8, 4) is 5.75 Å². The molecule has 0 fully saturated rings. The van der Waals surface area contributed by atoms with E-state index in [9.17, 15) is 0 Å². The van der Waals surface area contributed by atoms with Crippen molar-refractivity contribution in [3.63, 3.8) is 0 Å². The Kier molecular flexibility index (Phi) is 7.89. The van der Waals surface area contributed by atoms with Crippen LogP contribution in [0.25, 0.3) is 0 Å². The van der Waals surface area contributed by atoms with Crippen molar-refractivity contribution in [3.05, 3.63) is 36.0 Å². The maximum atomic E-state index is 5.53. The van der Waals surface area contributed by atoms with E-state index in [4.69, 9.17) is 10.5 Å². The zero-order valence-corrected chi connectivity index (χ0v) is 11.3. The van der Waals surface area contributed by atoms with E-state index >= 15 is 0 Å². The summed E-state index contributed by atoms with van der Waals surface area (Å²) in [5.41, 5.74) is 8.45. The van der Waals surface area contributed by atoms with Gasteiger partial charge in [-0.2, -0.15) is 0 Å².